The van der Waals surface area contributed by atoms with E-state index >= 15 is 0 Å². The molecule has 3 atom stereocenters. The molecule has 2 aliphatic rings. The summed E-state index contributed by atoms with van der Waals surface area (Å²) in [7, 11) is 0. The zero-order chi connectivity index (χ0) is 27.9. The number of nitrogens with one attached hydrogen (secondary N) is 1. The zero-order valence-corrected chi connectivity index (χ0v) is 21.2. The highest BCUT2D eigenvalue weighted by Gasteiger charge is 2.44. The molecule has 1 unspecified atom stereocenters. The number of carbonyl (C=O) groups excluding carboxylic acids is 1. The van der Waals surface area contributed by atoms with Crippen molar-refractivity contribution in [3.63, 3.8) is 0 Å². The van der Waals surface area contributed by atoms with E-state index in [9.17, 15) is 36.6 Å². The Labute approximate surface area is 219 Å². The van der Waals surface area contributed by atoms with Crippen molar-refractivity contribution in [3.8, 4) is 0 Å². The topological polar surface area (TPSA) is 96.7 Å². The summed E-state index contributed by atoms with van der Waals surface area (Å²) >= 11 is 5.96. The molecule has 2 heterocycles. The van der Waals surface area contributed by atoms with Gasteiger partial charge in [-0.2, -0.15) is 18.3 Å². The molecule has 2 aromatic rings. The van der Waals surface area contributed by atoms with Crippen molar-refractivity contribution in [2.75, 3.05) is 23.3 Å². The average molecular weight is 565 g/mol. The number of benzene rings is 1. The summed E-state index contributed by atoms with van der Waals surface area (Å²) in [6.45, 7) is 4.74. The van der Waals surface area contributed by atoms with Crippen LogP contribution in [0.15, 0.2) is 18.2 Å². The monoisotopic (exact) mass is 564 g/mol. The molecule has 1 aromatic carbocycles. The van der Waals surface area contributed by atoms with Crippen LogP contribution in [-0.4, -0.2) is 58.5 Å². The zero-order valence-electron chi connectivity index (χ0n) is 20.4. The number of alkyl halides is 5. The van der Waals surface area contributed by atoms with Gasteiger partial charge >= 0.3 is 12.1 Å². The van der Waals surface area contributed by atoms with Crippen LogP contribution in [-0.2, 0) is 15.7 Å². The number of carbonyl (C=O) groups is 2. The first kappa shape index (κ1) is 28.1. The minimum atomic E-state index is -4.96. The molecule has 38 heavy (non-hydrogen) atoms. The molecule has 2 fully saturated rings. The van der Waals surface area contributed by atoms with E-state index < -0.39 is 53.6 Å². The number of nitrogens with zero attached hydrogens (tertiary/aromatic N) is 3. The lowest BCUT2D eigenvalue weighted by Gasteiger charge is -2.37. The van der Waals surface area contributed by atoms with Crippen molar-refractivity contribution in [1.29, 1.82) is 0 Å². The van der Waals surface area contributed by atoms with Gasteiger partial charge in [-0.25, -0.2) is 13.6 Å². The van der Waals surface area contributed by atoms with Crippen molar-refractivity contribution >= 4 is 34.9 Å². The fraction of sp³-hybridized carbons (Fsp3) is 0.542. The number of anilines is 2. The molecule has 4 rings (SSSR count). The summed E-state index contributed by atoms with van der Waals surface area (Å²) in [5.74, 6) is -2.97. The van der Waals surface area contributed by atoms with Crippen LogP contribution in [0.3, 0.4) is 0 Å². The standard InChI is InChI=1S/C24H26ClF5N4O4/c1-11-9-33(10-12(2)38-11)14-5-6-16(15(7-14)23(36)37)31-22(35)17(8-18(26)27)34-20(13-3-4-13)19(25)21(32-34)24(28,29)30/h5-7,11-13,17-18H,3-4,8-10H2,1-2H3,(H,31,35)(H,36,37)/t11-,12?,17-/m0/s1. The number of hydrogen-bond acceptors (Lipinski definition) is 5. The molecule has 2 N–H and O–H groups in total. The number of aromatic carboxylic acids is 1. The smallest absolute Gasteiger partial charge is 0.436 e. The molecule has 0 spiro atoms. The van der Waals surface area contributed by atoms with Gasteiger partial charge in [-0.15, -0.1) is 0 Å². The van der Waals surface area contributed by atoms with Crippen LogP contribution in [0.25, 0.3) is 0 Å². The summed E-state index contributed by atoms with van der Waals surface area (Å²) in [5.41, 5.74) is -1.55. The normalized spacial score (nSPS) is 21.0. The Morgan fingerprint density at radius 2 is 1.84 bits per heavy atom. The lowest BCUT2D eigenvalue weighted by molar-refractivity contribution is -0.141. The first-order valence-electron chi connectivity index (χ1n) is 12.0. The van der Waals surface area contributed by atoms with E-state index in [1.54, 1.807) is 6.07 Å². The maximum Gasteiger partial charge on any atom is 0.436 e. The third-order valence-electron chi connectivity index (χ3n) is 6.40. The molecule has 0 radical (unpaired) electrons. The van der Waals surface area contributed by atoms with Crippen LogP contribution >= 0.6 is 11.6 Å². The Morgan fingerprint density at radius 1 is 1.21 bits per heavy atom. The van der Waals surface area contributed by atoms with E-state index in [0.29, 0.717) is 36.3 Å². The Kier molecular flexibility index (Phi) is 7.89. The Morgan fingerprint density at radius 3 is 2.37 bits per heavy atom. The van der Waals surface area contributed by atoms with E-state index in [2.05, 4.69) is 10.4 Å². The number of carboxylic acid groups (broad SMARTS) is 1. The summed E-state index contributed by atoms with van der Waals surface area (Å²) in [6, 6.07) is 2.37. The molecule has 208 valence electrons. The van der Waals surface area contributed by atoms with Gasteiger partial charge < -0.3 is 20.1 Å². The number of carboxylic acids is 1. The molecule has 14 heteroatoms. The van der Waals surface area contributed by atoms with Crippen molar-refractivity contribution in [2.45, 2.75) is 69.9 Å². The maximum atomic E-state index is 13.5. The van der Waals surface area contributed by atoms with Gasteiger partial charge in [-0.1, -0.05) is 11.6 Å². The minimum absolute atomic E-state index is 0.107. The first-order chi connectivity index (χ1) is 17.8. The molecule has 1 saturated carbocycles. The van der Waals surface area contributed by atoms with Crippen LogP contribution in [0.4, 0.5) is 33.3 Å². The molecular formula is C24H26ClF5N4O4. The Bertz CT molecular complexity index is 1210. The van der Waals surface area contributed by atoms with Gasteiger partial charge in [0.25, 0.3) is 0 Å². The minimum Gasteiger partial charge on any atom is -0.478 e. The average Bonchev–Trinajstić information content (AvgIpc) is 3.57. The van der Waals surface area contributed by atoms with Crippen LogP contribution in [0.2, 0.25) is 5.02 Å². The Balaban J connectivity index is 1.67. The molecule has 1 aliphatic heterocycles. The summed E-state index contributed by atoms with van der Waals surface area (Å²) in [5, 5.41) is 14.8. The largest absolute Gasteiger partial charge is 0.478 e. The lowest BCUT2D eigenvalue weighted by atomic mass is 10.1. The third-order valence-corrected chi connectivity index (χ3v) is 6.77. The van der Waals surface area contributed by atoms with Crippen LogP contribution in [0.5, 0.6) is 0 Å². The number of amides is 1. The highest BCUT2D eigenvalue weighted by Crippen LogP contribution is 2.48. The third kappa shape index (κ3) is 6.04. The van der Waals surface area contributed by atoms with Gasteiger partial charge in [-0.05, 0) is 44.9 Å². The number of morpholine rings is 1. The van der Waals surface area contributed by atoms with Crippen molar-refractivity contribution in [1.82, 2.24) is 9.78 Å². The van der Waals surface area contributed by atoms with Gasteiger partial charge in [0.05, 0.1) is 34.2 Å². The number of rotatable bonds is 8. The van der Waals surface area contributed by atoms with Gasteiger partial charge in [0.1, 0.15) is 6.04 Å². The molecule has 1 aliphatic carbocycles. The van der Waals surface area contributed by atoms with E-state index in [4.69, 9.17) is 16.3 Å². The van der Waals surface area contributed by atoms with Crippen LogP contribution < -0.4 is 10.2 Å². The highest BCUT2D eigenvalue weighted by molar-refractivity contribution is 6.32. The SMILES string of the molecule is CC1CN(c2ccc(NC(=O)[C@H](CC(F)F)n3nc(C(F)(F)F)c(Cl)c3C3CC3)c(C(=O)O)c2)C[C@H](C)O1. The summed E-state index contributed by atoms with van der Waals surface area (Å²) < 4.78 is 73.8. The second-order valence-electron chi connectivity index (χ2n) is 9.59. The number of aromatic nitrogens is 2. The lowest BCUT2D eigenvalue weighted by Crippen LogP contribution is -2.45. The summed E-state index contributed by atoms with van der Waals surface area (Å²) in [4.78, 5) is 27.2. The Hall–Kier alpha value is -2.93. The number of hydrogen-bond donors (Lipinski definition) is 2. The molecule has 1 amide bonds. The quantitative estimate of drug-likeness (QED) is 0.406. The van der Waals surface area contributed by atoms with Gasteiger partial charge in [0.2, 0.25) is 12.3 Å². The fourth-order valence-electron chi connectivity index (χ4n) is 4.68. The van der Waals surface area contributed by atoms with Gasteiger partial charge in [-0.3, -0.25) is 9.48 Å². The molecule has 1 saturated heterocycles. The number of ether oxygens (including phenoxy) is 1. The predicted molar refractivity (Wildman–Crippen MR) is 128 cm³/mol. The van der Waals surface area contributed by atoms with Gasteiger partial charge in [0.15, 0.2) is 5.69 Å². The van der Waals surface area contributed by atoms with Crippen LogP contribution in [0, 0.1) is 0 Å². The van der Waals surface area contributed by atoms with E-state index in [-0.39, 0.29) is 29.2 Å². The van der Waals surface area contributed by atoms with Crippen molar-refractivity contribution in [2.24, 2.45) is 0 Å². The van der Waals surface area contributed by atoms with E-state index in [0.717, 1.165) is 0 Å². The second-order valence-corrected chi connectivity index (χ2v) is 9.97. The molecule has 0 bridgehead atoms. The maximum absolute atomic E-state index is 13.5. The molecular weight excluding hydrogens is 539 g/mol. The predicted octanol–water partition coefficient (Wildman–Crippen LogP) is 5.58. The molecule has 8 nitrogen and oxygen atoms in total. The van der Waals surface area contributed by atoms with E-state index in [1.807, 2.05) is 18.7 Å². The number of halogens is 6. The molecule has 1 aromatic heterocycles. The van der Waals surface area contributed by atoms with Gasteiger partial charge in [0, 0.05) is 31.1 Å². The second kappa shape index (κ2) is 10.7. The van der Waals surface area contributed by atoms with Crippen molar-refractivity contribution < 1.29 is 41.4 Å². The highest BCUT2D eigenvalue weighted by atomic mass is 35.5. The summed E-state index contributed by atoms with van der Waals surface area (Å²) in [6.07, 6.45) is -8.45. The first-order valence-corrected chi connectivity index (χ1v) is 12.4. The fourth-order valence-corrected chi connectivity index (χ4v) is 5.06. The van der Waals surface area contributed by atoms with E-state index in [1.165, 1.54) is 12.1 Å². The van der Waals surface area contributed by atoms with Crippen molar-refractivity contribution in [3.05, 3.63) is 40.2 Å². The van der Waals surface area contributed by atoms with Crippen LogP contribution in [0.1, 0.15) is 66.8 Å².